The largest absolute Gasteiger partial charge is 0.347 e. The van der Waals surface area contributed by atoms with Gasteiger partial charge in [0.05, 0.1) is 12.1 Å². The molecule has 0 spiro atoms. The van der Waals surface area contributed by atoms with Crippen molar-refractivity contribution in [2.24, 2.45) is 5.73 Å². The molecule has 1 saturated heterocycles. The van der Waals surface area contributed by atoms with Gasteiger partial charge in [-0.1, -0.05) is 11.8 Å². The Kier molecular flexibility index (Phi) is 5.25. The molecule has 0 aromatic carbocycles. The maximum Gasteiger partial charge on any atom is 0.271 e. The molecule has 3 N–H and O–H groups in total. The minimum absolute atomic E-state index is 0.144. The Hall–Kier alpha value is -1.51. The zero-order valence-corrected chi connectivity index (χ0v) is 11.5. The Morgan fingerprint density at radius 2 is 2.53 bits per heavy atom. The second kappa shape index (κ2) is 7.17. The molecule has 4 nitrogen and oxygen atoms in total. The van der Waals surface area contributed by atoms with Crippen LogP contribution in [-0.2, 0) is 0 Å². The first-order chi connectivity index (χ1) is 9.31. The summed E-state index contributed by atoms with van der Waals surface area (Å²) >= 11 is 1.88. The first-order valence-corrected chi connectivity index (χ1v) is 7.49. The summed E-state index contributed by atoms with van der Waals surface area (Å²) in [4.78, 5) is 16.3. The van der Waals surface area contributed by atoms with Crippen LogP contribution in [0.25, 0.3) is 0 Å². The van der Waals surface area contributed by atoms with Crippen LogP contribution in [0.15, 0.2) is 18.3 Å². The number of amides is 1. The van der Waals surface area contributed by atoms with Gasteiger partial charge in [-0.2, -0.15) is 11.8 Å². The molecule has 1 atom stereocenters. The van der Waals surface area contributed by atoms with Gasteiger partial charge in [0, 0.05) is 18.0 Å². The number of pyridine rings is 1. The van der Waals surface area contributed by atoms with E-state index in [1.807, 2.05) is 11.8 Å². The Labute approximate surface area is 117 Å². The molecule has 0 bridgehead atoms. The Morgan fingerprint density at radius 3 is 3.26 bits per heavy atom. The lowest BCUT2D eigenvalue weighted by molar-refractivity contribution is 0.0933. The summed E-state index contributed by atoms with van der Waals surface area (Å²) in [6.45, 7) is 0.273. The third-order valence-electron chi connectivity index (χ3n) is 2.84. The average molecular weight is 275 g/mol. The molecule has 1 aromatic rings. The predicted octanol–water partition coefficient (Wildman–Crippen LogP) is 1.02. The van der Waals surface area contributed by atoms with Crippen LogP contribution in [0.5, 0.6) is 0 Å². The molecular formula is C14H17N3OS. The molecule has 1 unspecified atom stereocenters. The monoisotopic (exact) mass is 275 g/mol. The molecular weight excluding hydrogens is 258 g/mol. The Bertz CT molecular complexity index is 501. The number of nitrogens with two attached hydrogens (primary N) is 1. The third kappa shape index (κ3) is 3.98. The number of nitrogens with zero attached hydrogens (tertiary/aromatic N) is 1. The van der Waals surface area contributed by atoms with E-state index in [0.717, 1.165) is 18.6 Å². The van der Waals surface area contributed by atoms with Gasteiger partial charge in [-0.15, -0.1) is 0 Å². The summed E-state index contributed by atoms with van der Waals surface area (Å²) in [5.41, 5.74) is 6.38. The van der Waals surface area contributed by atoms with Crippen LogP contribution < -0.4 is 11.1 Å². The minimum Gasteiger partial charge on any atom is -0.347 e. The highest BCUT2D eigenvalue weighted by molar-refractivity contribution is 7.99. The van der Waals surface area contributed by atoms with E-state index in [4.69, 9.17) is 5.73 Å². The van der Waals surface area contributed by atoms with Crippen LogP contribution in [0.4, 0.5) is 0 Å². The molecule has 1 aliphatic rings. The normalized spacial score (nSPS) is 18.3. The van der Waals surface area contributed by atoms with Crippen LogP contribution in [0.3, 0.4) is 0 Å². The van der Waals surface area contributed by atoms with E-state index in [2.05, 4.69) is 22.1 Å². The minimum atomic E-state index is -0.144. The van der Waals surface area contributed by atoms with Crippen molar-refractivity contribution in [3.8, 4) is 11.8 Å². The van der Waals surface area contributed by atoms with Crippen LogP contribution in [0, 0.1) is 11.8 Å². The van der Waals surface area contributed by atoms with Gasteiger partial charge in [0.15, 0.2) is 0 Å². The SMILES string of the molecule is NCC#Cc1cccnc1C(=O)NC1CCCSC1. The second-order valence-electron chi connectivity index (χ2n) is 4.29. The molecule has 5 heteroatoms. The van der Waals surface area contributed by atoms with Crippen LogP contribution in [0.2, 0.25) is 0 Å². The summed E-state index contributed by atoms with van der Waals surface area (Å²) < 4.78 is 0. The van der Waals surface area contributed by atoms with Crippen LogP contribution in [0.1, 0.15) is 28.9 Å². The van der Waals surface area contributed by atoms with E-state index < -0.39 is 0 Å². The lowest BCUT2D eigenvalue weighted by atomic mass is 10.1. The van der Waals surface area contributed by atoms with Gasteiger partial charge in [-0.25, -0.2) is 4.98 Å². The van der Waals surface area contributed by atoms with Crippen molar-refractivity contribution in [1.29, 1.82) is 0 Å². The van der Waals surface area contributed by atoms with E-state index in [0.29, 0.717) is 11.3 Å². The number of hydrogen-bond acceptors (Lipinski definition) is 4. The average Bonchev–Trinajstić information content (AvgIpc) is 2.46. The lowest BCUT2D eigenvalue weighted by Crippen LogP contribution is -2.39. The topological polar surface area (TPSA) is 68.0 Å². The van der Waals surface area contributed by atoms with Crippen molar-refractivity contribution in [2.45, 2.75) is 18.9 Å². The van der Waals surface area contributed by atoms with Crippen LogP contribution >= 0.6 is 11.8 Å². The molecule has 0 aliphatic carbocycles. The van der Waals surface area contributed by atoms with Crippen molar-refractivity contribution in [3.63, 3.8) is 0 Å². The number of carbonyl (C=O) groups excluding carboxylic acids is 1. The Morgan fingerprint density at radius 1 is 1.63 bits per heavy atom. The summed E-state index contributed by atoms with van der Waals surface area (Å²) in [5, 5.41) is 3.03. The molecule has 2 rings (SSSR count). The molecule has 0 saturated carbocycles. The molecule has 1 aliphatic heterocycles. The summed E-state index contributed by atoms with van der Waals surface area (Å²) in [7, 11) is 0. The van der Waals surface area contributed by atoms with Gasteiger partial charge in [0.1, 0.15) is 5.69 Å². The number of hydrogen-bond donors (Lipinski definition) is 2. The van der Waals surface area contributed by atoms with Gasteiger partial charge in [-0.3, -0.25) is 4.79 Å². The molecule has 2 heterocycles. The molecule has 0 radical (unpaired) electrons. The molecule has 100 valence electrons. The molecule has 1 fully saturated rings. The van der Waals surface area contributed by atoms with Gasteiger partial charge in [0.25, 0.3) is 5.91 Å². The zero-order chi connectivity index (χ0) is 13.5. The standard InChI is InChI=1S/C14H17N3OS/c15-7-1-4-11-5-2-8-16-13(11)14(18)17-12-6-3-9-19-10-12/h2,5,8,12H,3,6-7,9-10,15H2,(H,17,18). The fraction of sp³-hybridized carbons (Fsp3) is 0.429. The van der Waals surface area contributed by atoms with Gasteiger partial charge < -0.3 is 11.1 Å². The fourth-order valence-corrected chi connectivity index (χ4v) is 3.01. The molecule has 19 heavy (non-hydrogen) atoms. The smallest absolute Gasteiger partial charge is 0.271 e. The highest BCUT2D eigenvalue weighted by Crippen LogP contribution is 2.17. The van der Waals surface area contributed by atoms with E-state index in [1.165, 1.54) is 5.75 Å². The second-order valence-corrected chi connectivity index (χ2v) is 5.44. The highest BCUT2D eigenvalue weighted by Gasteiger charge is 2.19. The van der Waals surface area contributed by atoms with E-state index in [-0.39, 0.29) is 18.5 Å². The fourth-order valence-electron chi connectivity index (χ4n) is 1.94. The Balaban J connectivity index is 2.09. The first kappa shape index (κ1) is 13.9. The van der Waals surface area contributed by atoms with E-state index >= 15 is 0 Å². The van der Waals surface area contributed by atoms with Crippen molar-refractivity contribution in [3.05, 3.63) is 29.6 Å². The lowest BCUT2D eigenvalue weighted by Gasteiger charge is -2.22. The summed E-state index contributed by atoms with van der Waals surface area (Å²) in [6.07, 6.45) is 3.80. The number of thioether (sulfide) groups is 1. The van der Waals surface area contributed by atoms with Crippen molar-refractivity contribution < 1.29 is 4.79 Å². The van der Waals surface area contributed by atoms with Crippen LogP contribution in [-0.4, -0.2) is 35.0 Å². The maximum absolute atomic E-state index is 12.2. The third-order valence-corrected chi connectivity index (χ3v) is 4.06. The van der Waals surface area contributed by atoms with E-state index in [1.54, 1.807) is 18.3 Å². The number of nitrogens with one attached hydrogen (secondary N) is 1. The molecule has 1 aromatic heterocycles. The summed E-state index contributed by atoms with van der Waals surface area (Å²) in [5.74, 6) is 7.66. The number of rotatable bonds is 2. The zero-order valence-electron chi connectivity index (χ0n) is 10.7. The highest BCUT2D eigenvalue weighted by atomic mass is 32.2. The van der Waals surface area contributed by atoms with E-state index in [9.17, 15) is 4.79 Å². The van der Waals surface area contributed by atoms with Crippen molar-refractivity contribution in [1.82, 2.24) is 10.3 Å². The quantitative estimate of drug-likeness (QED) is 0.791. The van der Waals surface area contributed by atoms with Gasteiger partial charge >= 0.3 is 0 Å². The van der Waals surface area contributed by atoms with Crippen molar-refractivity contribution in [2.75, 3.05) is 18.1 Å². The predicted molar refractivity (Wildman–Crippen MR) is 78.0 cm³/mol. The molecule has 1 amide bonds. The number of carbonyl (C=O) groups is 1. The first-order valence-electron chi connectivity index (χ1n) is 6.34. The van der Waals surface area contributed by atoms with Gasteiger partial charge in [-0.05, 0) is 30.7 Å². The number of aromatic nitrogens is 1. The van der Waals surface area contributed by atoms with Crippen molar-refractivity contribution >= 4 is 17.7 Å². The van der Waals surface area contributed by atoms with Gasteiger partial charge in [0.2, 0.25) is 0 Å². The maximum atomic E-state index is 12.2. The summed E-state index contributed by atoms with van der Waals surface area (Å²) in [6, 6.07) is 3.80.